The summed E-state index contributed by atoms with van der Waals surface area (Å²) >= 11 is 7.40. The summed E-state index contributed by atoms with van der Waals surface area (Å²) in [6.07, 6.45) is 6.44. The first-order valence-electron chi connectivity index (χ1n) is 8.68. The van der Waals surface area contributed by atoms with Crippen molar-refractivity contribution in [2.24, 2.45) is 0 Å². The van der Waals surface area contributed by atoms with E-state index in [1.807, 2.05) is 55.0 Å². The molecule has 3 heterocycles. The van der Waals surface area contributed by atoms with Gasteiger partial charge in [0.2, 0.25) is 0 Å². The molecule has 0 aliphatic rings. The third kappa shape index (κ3) is 12.9. The van der Waals surface area contributed by atoms with Crippen molar-refractivity contribution in [2.45, 2.75) is 19.5 Å². The molecule has 3 aromatic rings. The van der Waals surface area contributed by atoms with Gasteiger partial charge in [-0.15, -0.1) is 0 Å². The molecule has 6 nitrogen and oxygen atoms in total. The standard InChI is InChI=1S/C19H20N4.2CNS.Fe/c1-4-11-20-17(7-1)10-14-23(15-18-8-2-5-12-21-18)16-19-9-3-6-13-22-19;2*2-1-3;/h1-9,11-13H,10,14-16H2;;;/q;2*-1;+3. The van der Waals surface area contributed by atoms with E-state index in [1.165, 1.54) is 10.3 Å². The largest absolute Gasteiger partial charge is 3.00 e. The van der Waals surface area contributed by atoms with Gasteiger partial charge < -0.3 is 10.8 Å². The molecule has 3 rings (SSSR count). The van der Waals surface area contributed by atoms with Gasteiger partial charge in [-0.3, -0.25) is 19.9 Å². The molecule has 0 bridgehead atoms. The summed E-state index contributed by atoms with van der Waals surface area (Å²) in [6.45, 7) is 2.54. The van der Waals surface area contributed by atoms with Crippen molar-refractivity contribution in [2.75, 3.05) is 6.54 Å². The molecule has 0 amide bonds. The Morgan fingerprint density at radius 3 is 1.40 bits per heavy atom. The zero-order valence-electron chi connectivity index (χ0n) is 16.1. The molecule has 1 radical (unpaired) electrons. The van der Waals surface area contributed by atoms with Crippen molar-refractivity contribution in [3.63, 3.8) is 0 Å². The van der Waals surface area contributed by atoms with Crippen molar-refractivity contribution in [1.82, 2.24) is 19.9 Å². The molecule has 0 fully saturated rings. The van der Waals surface area contributed by atoms with Crippen LogP contribution in [0.15, 0.2) is 73.2 Å². The quantitative estimate of drug-likeness (QED) is 0.285. The second-order valence-corrected chi connectivity index (χ2v) is 5.97. The molecule has 30 heavy (non-hydrogen) atoms. The van der Waals surface area contributed by atoms with E-state index in [0.717, 1.165) is 43.1 Å². The summed E-state index contributed by atoms with van der Waals surface area (Å²) in [5.74, 6) is 0. The van der Waals surface area contributed by atoms with Crippen LogP contribution in [0.3, 0.4) is 0 Å². The SMILES string of the molecule is [Fe+3].[N-]=C=S.[N-]=C=S.c1ccc(CCN(Cc2ccccn2)Cc2ccccn2)nc1. The minimum atomic E-state index is 0. The van der Waals surface area contributed by atoms with E-state index in [2.05, 4.69) is 62.5 Å². The fraction of sp³-hybridized carbons (Fsp3) is 0.190. The smallest absolute Gasteiger partial charge is 0.753 e. The van der Waals surface area contributed by atoms with Gasteiger partial charge in [0.05, 0.1) is 11.4 Å². The zero-order chi connectivity index (χ0) is 21.2. The second-order valence-electron chi connectivity index (χ2n) is 5.61. The average Bonchev–Trinajstić information content (AvgIpc) is 2.75. The minimum absolute atomic E-state index is 0. The Morgan fingerprint density at radius 1 is 0.700 bits per heavy atom. The topological polar surface area (TPSA) is 86.5 Å². The third-order valence-electron chi connectivity index (χ3n) is 3.63. The first-order chi connectivity index (χ1) is 14.2. The normalized spacial score (nSPS) is 8.83. The summed E-state index contributed by atoms with van der Waals surface area (Å²) in [5.41, 5.74) is 3.26. The number of hydrogen-bond donors (Lipinski definition) is 0. The van der Waals surface area contributed by atoms with Gasteiger partial charge >= 0.3 is 17.1 Å². The minimum Gasteiger partial charge on any atom is -0.753 e. The van der Waals surface area contributed by atoms with Crippen LogP contribution in [0.1, 0.15) is 17.1 Å². The van der Waals surface area contributed by atoms with Crippen LogP contribution in [0.25, 0.3) is 10.8 Å². The first-order valence-corrected chi connectivity index (χ1v) is 9.49. The van der Waals surface area contributed by atoms with Gasteiger partial charge in [-0.2, -0.15) is 10.3 Å². The Morgan fingerprint density at radius 2 is 1.07 bits per heavy atom. The summed E-state index contributed by atoms with van der Waals surface area (Å²) in [6, 6.07) is 18.1. The maximum Gasteiger partial charge on any atom is 3.00 e. The van der Waals surface area contributed by atoms with E-state index in [0.29, 0.717) is 0 Å². The van der Waals surface area contributed by atoms with Crippen molar-refractivity contribution in [1.29, 1.82) is 0 Å². The Kier molecular flexibility index (Phi) is 17.0. The number of rotatable bonds is 7. The zero-order valence-corrected chi connectivity index (χ0v) is 18.8. The molecule has 153 valence electrons. The molecule has 0 N–H and O–H groups in total. The maximum absolute atomic E-state index is 7.13. The van der Waals surface area contributed by atoms with E-state index in [9.17, 15) is 0 Å². The van der Waals surface area contributed by atoms with Crippen molar-refractivity contribution in [3.05, 3.63) is 101 Å². The third-order valence-corrected chi connectivity index (χ3v) is 3.63. The van der Waals surface area contributed by atoms with Gasteiger partial charge in [-0.1, -0.05) is 42.6 Å². The van der Waals surface area contributed by atoms with Crippen LogP contribution in [0.4, 0.5) is 0 Å². The summed E-state index contributed by atoms with van der Waals surface area (Å²) in [4.78, 5) is 15.6. The fourth-order valence-electron chi connectivity index (χ4n) is 2.47. The molecule has 0 aliphatic carbocycles. The number of hydrogen-bond acceptors (Lipinski definition) is 6. The number of pyridine rings is 3. The molecule has 0 atom stereocenters. The van der Waals surface area contributed by atoms with Gasteiger partial charge in [-0.25, -0.2) is 0 Å². The maximum atomic E-state index is 7.13. The van der Waals surface area contributed by atoms with Crippen LogP contribution in [-0.2, 0) is 36.6 Å². The van der Waals surface area contributed by atoms with Crippen LogP contribution in [0, 0.1) is 0 Å². The van der Waals surface area contributed by atoms with E-state index in [4.69, 9.17) is 10.8 Å². The molecule has 0 spiro atoms. The van der Waals surface area contributed by atoms with Gasteiger partial charge in [-0.05, 0) is 36.4 Å². The average molecular weight is 476 g/mol. The molecule has 0 unspecified atom stereocenters. The summed E-state index contributed by atoms with van der Waals surface area (Å²) in [7, 11) is 0. The predicted octanol–water partition coefficient (Wildman–Crippen LogP) is 4.43. The summed E-state index contributed by atoms with van der Waals surface area (Å²) < 4.78 is 0. The Hall–Kier alpha value is -2.47. The molecule has 0 aliphatic heterocycles. The predicted molar refractivity (Wildman–Crippen MR) is 122 cm³/mol. The van der Waals surface area contributed by atoms with Crippen LogP contribution in [0.2, 0.25) is 0 Å². The molecule has 0 aromatic carbocycles. The fourth-order valence-corrected chi connectivity index (χ4v) is 2.47. The summed E-state index contributed by atoms with van der Waals surface area (Å²) in [5, 5.41) is 16.9. The molecule has 3 aromatic heterocycles. The molecular weight excluding hydrogens is 456 g/mol. The van der Waals surface area contributed by atoms with E-state index in [1.54, 1.807) is 0 Å². The molecular formula is C21H20FeN6S2+. The molecule has 9 heteroatoms. The van der Waals surface area contributed by atoms with Gasteiger partial charge in [0.1, 0.15) is 0 Å². The van der Waals surface area contributed by atoms with Gasteiger partial charge in [0.25, 0.3) is 0 Å². The van der Waals surface area contributed by atoms with E-state index >= 15 is 0 Å². The van der Waals surface area contributed by atoms with E-state index in [-0.39, 0.29) is 17.1 Å². The van der Waals surface area contributed by atoms with Crippen LogP contribution in [-0.4, -0.2) is 36.7 Å². The monoisotopic (exact) mass is 476 g/mol. The van der Waals surface area contributed by atoms with Crippen LogP contribution in [0.5, 0.6) is 0 Å². The Balaban J connectivity index is 0.00000108. The first kappa shape index (κ1) is 27.5. The molecule has 0 saturated carbocycles. The van der Waals surface area contributed by atoms with E-state index < -0.39 is 0 Å². The van der Waals surface area contributed by atoms with Crippen LogP contribution < -0.4 is 0 Å². The Bertz CT molecular complexity index is 816. The molecule has 0 saturated heterocycles. The Labute approximate surface area is 198 Å². The second kappa shape index (κ2) is 18.6. The van der Waals surface area contributed by atoms with Crippen molar-refractivity contribution >= 4 is 34.8 Å². The number of thiocarbonyl (C=S) groups is 2. The number of nitrogens with zero attached hydrogens (tertiary/aromatic N) is 6. The van der Waals surface area contributed by atoms with Crippen molar-refractivity contribution in [3.8, 4) is 0 Å². The number of isothiocyanates is 2. The van der Waals surface area contributed by atoms with Gasteiger partial charge in [0.15, 0.2) is 0 Å². The van der Waals surface area contributed by atoms with Gasteiger partial charge in [0, 0.05) is 50.3 Å². The number of aromatic nitrogens is 3. The van der Waals surface area contributed by atoms with Crippen LogP contribution >= 0.6 is 24.4 Å². The van der Waals surface area contributed by atoms with Crippen molar-refractivity contribution < 1.29 is 17.1 Å².